The van der Waals surface area contributed by atoms with Crippen LogP contribution in [0.4, 0.5) is 0 Å². The van der Waals surface area contributed by atoms with E-state index in [4.69, 9.17) is 5.11 Å². The largest absolute Gasteiger partial charge is 0.481 e. The molecule has 0 saturated heterocycles. The van der Waals surface area contributed by atoms with Gasteiger partial charge in [-0.3, -0.25) is 4.79 Å². The highest BCUT2D eigenvalue weighted by atomic mass is 16.4. The summed E-state index contributed by atoms with van der Waals surface area (Å²) in [5.74, 6) is -1.13. The maximum atomic E-state index is 11.1. The summed E-state index contributed by atoms with van der Waals surface area (Å²) >= 11 is 0. The zero-order chi connectivity index (χ0) is 12.3. The number of hydrogen-bond acceptors (Lipinski definition) is 1. The molecule has 0 fully saturated rings. The Labute approximate surface area is 97.3 Å². The smallest absolute Gasteiger partial charge is 0.310 e. The van der Waals surface area contributed by atoms with Crippen molar-refractivity contribution in [2.24, 2.45) is 0 Å². The first kappa shape index (κ1) is 12.8. The van der Waals surface area contributed by atoms with E-state index in [2.05, 4.69) is 26.8 Å². The van der Waals surface area contributed by atoms with Crippen LogP contribution in [0.5, 0.6) is 0 Å². The molecule has 16 heavy (non-hydrogen) atoms. The van der Waals surface area contributed by atoms with Crippen LogP contribution in [0.25, 0.3) is 0 Å². The molecule has 1 N–H and O–H groups in total. The van der Waals surface area contributed by atoms with Gasteiger partial charge in [0.05, 0.1) is 5.92 Å². The summed E-state index contributed by atoms with van der Waals surface area (Å²) in [5, 5.41) is 9.12. The van der Waals surface area contributed by atoms with Gasteiger partial charge < -0.3 is 5.11 Å². The van der Waals surface area contributed by atoms with Crippen molar-refractivity contribution in [2.75, 3.05) is 0 Å². The molecule has 0 saturated carbocycles. The van der Waals surface area contributed by atoms with E-state index in [9.17, 15) is 4.79 Å². The molecule has 0 aliphatic heterocycles. The van der Waals surface area contributed by atoms with E-state index in [0.717, 1.165) is 5.56 Å². The number of aliphatic carboxylic acids is 1. The Morgan fingerprint density at radius 3 is 2.44 bits per heavy atom. The van der Waals surface area contributed by atoms with Crippen molar-refractivity contribution in [2.45, 2.75) is 45.4 Å². The number of carboxylic acid groups (broad SMARTS) is 1. The number of rotatable bonds is 3. The van der Waals surface area contributed by atoms with Crippen molar-refractivity contribution in [1.29, 1.82) is 0 Å². The molecule has 1 aromatic carbocycles. The molecule has 2 nitrogen and oxygen atoms in total. The van der Waals surface area contributed by atoms with Gasteiger partial charge in [-0.05, 0) is 23.0 Å². The predicted molar refractivity (Wildman–Crippen MR) is 65.8 cm³/mol. The molecule has 1 rings (SSSR count). The van der Waals surface area contributed by atoms with E-state index in [1.165, 1.54) is 5.56 Å². The molecule has 0 aliphatic carbocycles. The van der Waals surface area contributed by atoms with E-state index in [1.54, 1.807) is 0 Å². The monoisotopic (exact) mass is 220 g/mol. The van der Waals surface area contributed by atoms with Crippen LogP contribution in [0, 0.1) is 0 Å². The summed E-state index contributed by atoms with van der Waals surface area (Å²) in [7, 11) is 0. The van der Waals surface area contributed by atoms with Crippen LogP contribution in [0.2, 0.25) is 0 Å². The Kier molecular flexibility index (Phi) is 3.74. The van der Waals surface area contributed by atoms with Crippen LogP contribution in [0.15, 0.2) is 24.3 Å². The van der Waals surface area contributed by atoms with Crippen LogP contribution in [0.3, 0.4) is 0 Å². The van der Waals surface area contributed by atoms with Crippen LogP contribution in [-0.4, -0.2) is 11.1 Å². The first-order chi connectivity index (χ1) is 7.36. The SMILES string of the molecule is CCC(C(=O)O)c1cccc(C(C)(C)C)c1. The molecule has 1 aromatic rings. The van der Waals surface area contributed by atoms with E-state index in [1.807, 2.05) is 25.1 Å². The van der Waals surface area contributed by atoms with Crippen LogP contribution >= 0.6 is 0 Å². The molecule has 1 unspecified atom stereocenters. The third-order valence-electron chi connectivity index (χ3n) is 2.86. The average Bonchev–Trinajstić information content (AvgIpc) is 2.17. The zero-order valence-corrected chi connectivity index (χ0v) is 10.4. The topological polar surface area (TPSA) is 37.3 Å². The van der Waals surface area contributed by atoms with Crippen molar-refractivity contribution in [3.05, 3.63) is 35.4 Å². The quantitative estimate of drug-likeness (QED) is 0.845. The molecule has 88 valence electrons. The molecular formula is C14H20O2. The average molecular weight is 220 g/mol. The van der Waals surface area contributed by atoms with Gasteiger partial charge in [-0.25, -0.2) is 0 Å². The Morgan fingerprint density at radius 1 is 1.38 bits per heavy atom. The first-order valence-electron chi connectivity index (χ1n) is 5.69. The maximum Gasteiger partial charge on any atom is 0.310 e. The summed E-state index contributed by atoms with van der Waals surface area (Å²) in [6, 6.07) is 7.92. The molecule has 0 aromatic heterocycles. The Bertz CT molecular complexity index is 375. The molecule has 0 bridgehead atoms. The summed E-state index contributed by atoms with van der Waals surface area (Å²) in [6.45, 7) is 8.30. The summed E-state index contributed by atoms with van der Waals surface area (Å²) < 4.78 is 0. The van der Waals surface area contributed by atoms with Gasteiger partial charge in [-0.2, -0.15) is 0 Å². The highest BCUT2D eigenvalue weighted by Gasteiger charge is 2.20. The van der Waals surface area contributed by atoms with Crippen molar-refractivity contribution >= 4 is 5.97 Å². The normalized spacial score (nSPS) is 13.5. The van der Waals surface area contributed by atoms with Gasteiger partial charge in [0.2, 0.25) is 0 Å². The highest BCUT2D eigenvalue weighted by Crippen LogP contribution is 2.27. The second-order valence-electron chi connectivity index (χ2n) is 5.17. The lowest BCUT2D eigenvalue weighted by Crippen LogP contribution is -2.14. The second-order valence-corrected chi connectivity index (χ2v) is 5.17. The summed E-state index contributed by atoms with van der Waals surface area (Å²) in [4.78, 5) is 11.1. The maximum absolute atomic E-state index is 11.1. The van der Waals surface area contributed by atoms with Crippen molar-refractivity contribution in [3.8, 4) is 0 Å². The van der Waals surface area contributed by atoms with Gasteiger partial charge in [0.1, 0.15) is 0 Å². The fourth-order valence-corrected chi connectivity index (χ4v) is 1.77. The van der Waals surface area contributed by atoms with Gasteiger partial charge in [0, 0.05) is 0 Å². The minimum Gasteiger partial charge on any atom is -0.481 e. The van der Waals surface area contributed by atoms with Crippen molar-refractivity contribution < 1.29 is 9.90 Å². The number of carbonyl (C=O) groups is 1. The lowest BCUT2D eigenvalue weighted by Gasteiger charge is -2.21. The van der Waals surface area contributed by atoms with Gasteiger partial charge in [0.25, 0.3) is 0 Å². The lowest BCUT2D eigenvalue weighted by atomic mass is 9.84. The summed E-state index contributed by atoms with van der Waals surface area (Å²) in [5.41, 5.74) is 2.15. The predicted octanol–water partition coefficient (Wildman–Crippen LogP) is 3.56. The molecule has 0 spiro atoms. The minimum absolute atomic E-state index is 0.0623. The molecule has 0 heterocycles. The molecule has 0 amide bonds. The fourth-order valence-electron chi connectivity index (χ4n) is 1.77. The second kappa shape index (κ2) is 4.69. The Morgan fingerprint density at radius 2 is 2.00 bits per heavy atom. The summed E-state index contributed by atoms with van der Waals surface area (Å²) in [6.07, 6.45) is 0.628. The molecule has 0 aliphatic rings. The van der Waals surface area contributed by atoms with Gasteiger partial charge in [-0.15, -0.1) is 0 Å². The van der Waals surface area contributed by atoms with Gasteiger partial charge in [0.15, 0.2) is 0 Å². The molecular weight excluding hydrogens is 200 g/mol. The van der Waals surface area contributed by atoms with E-state index in [-0.39, 0.29) is 11.3 Å². The van der Waals surface area contributed by atoms with Gasteiger partial charge >= 0.3 is 5.97 Å². The highest BCUT2D eigenvalue weighted by molar-refractivity contribution is 5.76. The number of benzene rings is 1. The fraction of sp³-hybridized carbons (Fsp3) is 0.500. The molecule has 2 heteroatoms. The van der Waals surface area contributed by atoms with E-state index < -0.39 is 5.97 Å². The first-order valence-corrected chi connectivity index (χ1v) is 5.69. The third kappa shape index (κ3) is 2.84. The Balaban J connectivity index is 3.11. The van der Waals surface area contributed by atoms with Crippen molar-refractivity contribution in [1.82, 2.24) is 0 Å². The number of carboxylic acids is 1. The van der Waals surface area contributed by atoms with Crippen molar-refractivity contribution in [3.63, 3.8) is 0 Å². The number of hydrogen-bond donors (Lipinski definition) is 1. The van der Waals surface area contributed by atoms with Crippen LogP contribution in [-0.2, 0) is 10.2 Å². The van der Waals surface area contributed by atoms with Crippen LogP contribution < -0.4 is 0 Å². The minimum atomic E-state index is -0.742. The molecule has 0 radical (unpaired) electrons. The Hall–Kier alpha value is -1.31. The van der Waals surface area contributed by atoms with Gasteiger partial charge in [-0.1, -0.05) is 52.0 Å². The molecule has 1 atom stereocenters. The zero-order valence-electron chi connectivity index (χ0n) is 10.4. The van der Waals surface area contributed by atoms with Crippen LogP contribution in [0.1, 0.15) is 51.2 Å². The van der Waals surface area contributed by atoms with E-state index in [0.29, 0.717) is 6.42 Å². The standard InChI is InChI=1S/C14H20O2/c1-5-12(13(15)16)10-7-6-8-11(9-10)14(2,3)4/h6-9,12H,5H2,1-4H3,(H,15,16). The lowest BCUT2D eigenvalue weighted by molar-refractivity contribution is -0.138. The van der Waals surface area contributed by atoms with E-state index >= 15 is 0 Å². The third-order valence-corrected chi connectivity index (χ3v) is 2.86.